The molecule has 5 N–H and O–H groups in total. The van der Waals surface area contributed by atoms with Crippen LogP contribution in [0.25, 0.3) is 0 Å². The first-order valence-electron chi connectivity index (χ1n) is 10.8. The van der Waals surface area contributed by atoms with Gasteiger partial charge in [-0.3, -0.25) is 9.52 Å². The largest absolute Gasteiger partial charge is 0.505 e. The second-order valence-electron chi connectivity index (χ2n) is 5.68. The van der Waals surface area contributed by atoms with Crippen molar-refractivity contribution in [3.8, 4) is 5.75 Å². The number of hydrogen-bond acceptors (Lipinski definition) is 6. The van der Waals surface area contributed by atoms with E-state index in [1.54, 1.807) is 18.4 Å². The fourth-order valence-corrected chi connectivity index (χ4v) is 2.35. The van der Waals surface area contributed by atoms with Gasteiger partial charge in [0.1, 0.15) is 12.3 Å². The number of carbonyl (C=O) groups is 1. The van der Waals surface area contributed by atoms with E-state index in [1.165, 1.54) is 6.07 Å². The summed E-state index contributed by atoms with van der Waals surface area (Å²) in [6.07, 6.45) is 1.71. The van der Waals surface area contributed by atoms with Crippen LogP contribution < -0.4 is 15.8 Å². The summed E-state index contributed by atoms with van der Waals surface area (Å²) in [7, 11) is 0. The number of benzene rings is 1. The van der Waals surface area contributed by atoms with E-state index in [2.05, 4.69) is 40.0 Å². The molecule has 0 aliphatic heterocycles. The van der Waals surface area contributed by atoms with E-state index in [-0.39, 0.29) is 23.5 Å². The predicted molar refractivity (Wildman–Crippen MR) is 139 cm³/mol. The summed E-state index contributed by atoms with van der Waals surface area (Å²) < 4.78 is 12.0. The number of hydrogen-bond donors (Lipinski definition) is 4. The van der Waals surface area contributed by atoms with Gasteiger partial charge in [-0.25, -0.2) is 9.39 Å². The van der Waals surface area contributed by atoms with Crippen molar-refractivity contribution in [2.45, 2.75) is 67.9 Å². The lowest BCUT2D eigenvalue weighted by molar-refractivity contribution is 0.0998. The van der Waals surface area contributed by atoms with Gasteiger partial charge >= 0.3 is 0 Å². The number of nitrogens with one attached hydrogen (secondary N) is 2. The first-order chi connectivity index (χ1) is 15.4. The molecule has 9 heteroatoms. The van der Waals surface area contributed by atoms with Crippen LogP contribution in [-0.2, 0) is 6.54 Å². The molecule has 0 spiro atoms. The highest BCUT2D eigenvalue weighted by molar-refractivity contribution is 7.96. The van der Waals surface area contributed by atoms with E-state index in [9.17, 15) is 9.90 Å². The Labute approximate surface area is 197 Å². The highest BCUT2D eigenvalue weighted by Crippen LogP contribution is 2.27. The molecule has 1 aromatic carbocycles. The van der Waals surface area contributed by atoms with Crippen LogP contribution in [0.5, 0.6) is 5.75 Å². The Kier molecular flexibility index (Phi) is 18.4. The van der Waals surface area contributed by atoms with Crippen LogP contribution in [0, 0.1) is 0 Å². The zero-order valence-electron chi connectivity index (χ0n) is 20.5. The van der Waals surface area contributed by atoms with Crippen molar-refractivity contribution in [2.24, 2.45) is 15.1 Å². The minimum Gasteiger partial charge on any atom is -0.505 e. The molecule has 0 saturated heterocycles. The number of guanidine groups is 1. The second-order valence-corrected chi connectivity index (χ2v) is 6.32. The van der Waals surface area contributed by atoms with Gasteiger partial charge in [0.25, 0.3) is 5.91 Å². The average molecular weight is 466 g/mol. The third-order valence-electron chi connectivity index (χ3n) is 3.50. The predicted octanol–water partition coefficient (Wildman–Crippen LogP) is 6.11. The fraction of sp³-hybridized carbons (Fsp3) is 0.435. The van der Waals surface area contributed by atoms with Crippen molar-refractivity contribution in [3.63, 3.8) is 0 Å². The third kappa shape index (κ3) is 10.9. The number of amides is 1. The molecular weight excluding hydrogens is 426 g/mol. The molecule has 0 atom stereocenters. The Balaban J connectivity index is 0. The summed E-state index contributed by atoms with van der Waals surface area (Å²) in [4.78, 5) is 15.7. The highest BCUT2D eigenvalue weighted by atomic mass is 32.2. The van der Waals surface area contributed by atoms with E-state index >= 15 is 0 Å². The number of nitrogens with zero attached hydrogens (tertiary/aromatic N) is 2. The molecule has 0 radical (unpaired) electrons. The molecule has 2 rings (SSSR count). The molecule has 0 aliphatic carbocycles. The average Bonchev–Trinajstić information content (AvgIpc) is 3.30. The Morgan fingerprint density at radius 3 is 2.34 bits per heavy atom. The molecule has 0 bridgehead atoms. The number of aromatic hydroxyl groups is 1. The van der Waals surface area contributed by atoms with Crippen LogP contribution in [0.3, 0.4) is 0 Å². The lowest BCUT2D eigenvalue weighted by Gasteiger charge is -2.12. The van der Waals surface area contributed by atoms with Gasteiger partial charge in [0.15, 0.2) is 5.75 Å². The van der Waals surface area contributed by atoms with Gasteiger partial charge in [0.05, 0.1) is 29.6 Å². The van der Waals surface area contributed by atoms with E-state index in [0.29, 0.717) is 17.6 Å². The Morgan fingerprint density at radius 1 is 1.22 bits per heavy atom. The van der Waals surface area contributed by atoms with E-state index in [1.807, 2.05) is 47.6 Å². The van der Waals surface area contributed by atoms with E-state index < -0.39 is 5.91 Å². The van der Waals surface area contributed by atoms with Gasteiger partial charge in [0, 0.05) is 6.72 Å². The van der Waals surface area contributed by atoms with Gasteiger partial charge in [-0.05, 0) is 29.7 Å². The number of furan rings is 1. The topological polar surface area (TPSA) is 125 Å². The van der Waals surface area contributed by atoms with Crippen molar-refractivity contribution >= 4 is 36.4 Å². The molecule has 8 nitrogen and oxygen atoms in total. The Bertz CT molecular complexity index is 820. The molecule has 1 amide bonds. The van der Waals surface area contributed by atoms with Crippen molar-refractivity contribution in [1.29, 1.82) is 0 Å². The molecule has 0 unspecified atom stereocenters. The standard InChI is InChI=1S/C17H21N5O3S.3C2H6/c1-10(2)11-7-12(25-9-11)8-20-17(22-26-19-3)21-14-6-4-5-13(15(14)23)16(18)24;3*1-2/h4-7,9-10,23H,3,8H2,1-2H3,(H2,18,24)(H2,20,21,22);3*1-2H3. The van der Waals surface area contributed by atoms with Crippen molar-refractivity contribution in [1.82, 2.24) is 4.72 Å². The number of carbonyl (C=O) groups excluding carboxylic acids is 1. The third-order valence-corrected chi connectivity index (χ3v) is 3.91. The number of anilines is 1. The lowest BCUT2D eigenvalue weighted by Crippen LogP contribution is -2.25. The summed E-state index contributed by atoms with van der Waals surface area (Å²) in [6.45, 7) is 19.8. The minimum atomic E-state index is -0.725. The Morgan fingerprint density at radius 2 is 1.84 bits per heavy atom. The van der Waals surface area contributed by atoms with Crippen LogP contribution in [0.2, 0.25) is 0 Å². The summed E-state index contributed by atoms with van der Waals surface area (Å²) in [6, 6.07) is 6.56. The monoisotopic (exact) mass is 465 g/mol. The van der Waals surface area contributed by atoms with Gasteiger partial charge in [-0.15, -0.1) is 0 Å². The van der Waals surface area contributed by atoms with E-state index in [0.717, 1.165) is 17.7 Å². The van der Waals surface area contributed by atoms with Gasteiger partial charge in [-0.1, -0.05) is 61.5 Å². The molecule has 180 valence electrons. The molecule has 1 heterocycles. The van der Waals surface area contributed by atoms with Crippen LogP contribution in [-0.4, -0.2) is 23.7 Å². The number of nitrogens with two attached hydrogens (primary N) is 1. The molecular formula is C23H39N5O3S. The van der Waals surface area contributed by atoms with Crippen molar-refractivity contribution in [2.75, 3.05) is 5.32 Å². The number of phenols is 1. The van der Waals surface area contributed by atoms with Crippen molar-refractivity contribution in [3.05, 3.63) is 47.4 Å². The zero-order valence-corrected chi connectivity index (χ0v) is 21.3. The second kappa shape index (κ2) is 18.8. The summed E-state index contributed by atoms with van der Waals surface area (Å²) in [5.41, 5.74) is 6.62. The van der Waals surface area contributed by atoms with Crippen LogP contribution >= 0.6 is 12.1 Å². The van der Waals surface area contributed by atoms with Gasteiger partial charge in [0.2, 0.25) is 5.96 Å². The van der Waals surface area contributed by atoms with Crippen molar-refractivity contribution < 1.29 is 14.3 Å². The molecule has 32 heavy (non-hydrogen) atoms. The first-order valence-corrected chi connectivity index (χ1v) is 11.6. The summed E-state index contributed by atoms with van der Waals surface area (Å²) >= 11 is 0.964. The zero-order chi connectivity index (χ0) is 25.1. The molecule has 0 fully saturated rings. The molecule has 0 saturated carbocycles. The maximum absolute atomic E-state index is 11.3. The molecule has 2 aromatic rings. The van der Waals surface area contributed by atoms with Crippen LogP contribution in [0.4, 0.5) is 5.69 Å². The summed E-state index contributed by atoms with van der Waals surface area (Å²) in [5.74, 6) is 0.382. The quantitative estimate of drug-likeness (QED) is 0.169. The number of aliphatic imine (C=N–C) groups is 1. The van der Waals surface area contributed by atoms with Crippen LogP contribution in [0.15, 0.2) is 44.3 Å². The SMILES string of the molecule is C=NSNC(=NCc1cc(C(C)C)co1)Nc1cccc(C(N)=O)c1O.CC.CC.CC. The minimum absolute atomic E-state index is 0.0106. The number of primary amides is 1. The molecule has 1 aromatic heterocycles. The smallest absolute Gasteiger partial charge is 0.252 e. The maximum atomic E-state index is 11.3. The van der Waals surface area contributed by atoms with E-state index in [4.69, 9.17) is 10.2 Å². The fourth-order valence-electron chi connectivity index (χ4n) is 2.08. The molecule has 0 aliphatic rings. The van der Waals surface area contributed by atoms with Gasteiger partial charge < -0.3 is 20.6 Å². The Hall–Kier alpha value is -2.94. The van der Waals surface area contributed by atoms with Crippen LogP contribution in [0.1, 0.15) is 83.0 Å². The van der Waals surface area contributed by atoms with Gasteiger partial charge in [-0.2, -0.15) is 0 Å². The number of para-hydroxylation sites is 1. The maximum Gasteiger partial charge on any atom is 0.252 e. The lowest BCUT2D eigenvalue weighted by atomic mass is 10.1. The normalized spacial score (nSPS) is 9.84. The highest BCUT2D eigenvalue weighted by Gasteiger charge is 2.13. The first kappa shape index (κ1) is 31.2. The summed E-state index contributed by atoms with van der Waals surface area (Å²) in [5, 5.41) is 13.1. The number of rotatable bonds is 7.